The molecule has 0 radical (unpaired) electrons. The van der Waals surface area contributed by atoms with E-state index < -0.39 is 0 Å². The third-order valence-corrected chi connectivity index (χ3v) is 2.94. The smallest absolute Gasteiger partial charge is 0.0446 e. The molecule has 0 aromatic rings. The summed E-state index contributed by atoms with van der Waals surface area (Å²) in [5.41, 5.74) is 0. The first-order chi connectivity index (χ1) is 9.22. The fourth-order valence-electron chi connectivity index (χ4n) is 1.55. The monoisotopic (exact) mass is 274 g/mol. The van der Waals surface area contributed by atoms with Crippen LogP contribution in [-0.4, -0.2) is 0 Å². The fraction of sp³-hybridized carbons (Fsp3) is 1.00. The van der Waals surface area contributed by atoms with Crippen LogP contribution in [0.15, 0.2) is 0 Å². The highest BCUT2D eigenvalue weighted by molar-refractivity contribution is 4.45. The lowest BCUT2D eigenvalue weighted by Crippen LogP contribution is -1.88. The van der Waals surface area contributed by atoms with Crippen molar-refractivity contribution in [3.05, 3.63) is 0 Å². The van der Waals surface area contributed by atoms with E-state index in [2.05, 4.69) is 34.6 Å². The second kappa shape index (κ2) is 36.1. The van der Waals surface area contributed by atoms with Crippen LogP contribution in [0.2, 0.25) is 0 Å². The molecular weight excluding hydrogens is 228 g/mol. The van der Waals surface area contributed by atoms with Gasteiger partial charge in [0.2, 0.25) is 0 Å². The maximum atomic E-state index is 2.31. The largest absolute Gasteiger partial charge is 0.0683 e. The molecule has 0 N–H and O–H groups in total. The number of unbranched alkanes of at least 4 members (excludes halogenated alkanes) is 5. The Morgan fingerprint density at radius 1 is 0.579 bits per heavy atom. The van der Waals surface area contributed by atoms with E-state index in [1.165, 1.54) is 57.8 Å². The van der Waals surface area contributed by atoms with Gasteiger partial charge in [-0.15, -0.1) is 0 Å². The Hall–Kier alpha value is 0. The van der Waals surface area contributed by atoms with Crippen LogP contribution in [0.1, 0.15) is 120 Å². The third-order valence-electron chi connectivity index (χ3n) is 2.94. The summed E-state index contributed by atoms with van der Waals surface area (Å²) < 4.78 is 0. The molecule has 0 bridgehead atoms. The van der Waals surface area contributed by atoms with E-state index >= 15 is 0 Å². The van der Waals surface area contributed by atoms with Gasteiger partial charge in [-0.05, 0) is 5.92 Å². The first-order valence-corrected chi connectivity index (χ1v) is 9.22. The second-order valence-corrected chi connectivity index (χ2v) is 4.72. The summed E-state index contributed by atoms with van der Waals surface area (Å²) >= 11 is 0. The highest BCUT2D eigenvalue weighted by Gasteiger charge is 1.92. The summed E-state index contributed by atoms with van der Waals surface area (Å²) in [6.45, 7) is 19.3. The van der Waals surface area contributed by atoms with Crippen molar-refractivity contribution in [2.75, 3.05) is 0 Å². The van der Waals surface area contributed by atoms with Gasteiger partial charge in [-0.25, -0.2) is 0 Å². The van der Waals surface area contributed by atoms with Crippen LogP contribution in [0.3, 0.4) is 0 Å². The molecule has 0 saturated heterocycles. The molecule has 19 heavy (non-hydrogen) atoms. The van der Waals surface area contributed by atoms with Crippen molar-refractivity contribution in [2.45, 2.75) is 120 Å². The van der Waals surface area contributed by atoms with Crippen LogP contribution >= 0.6 is 0 Å². The molecule has 0 fully saturated rings. The Bertz CT molecular complexity index is 80.0. The van der Waals surface area contributed by atoms with Crippen LogP contribution in [0.4, 0.5) is 0 Å². The molecule has 122 valence electrons. The summed E-state index contributed by atoms with van der Waals surface area (Å²) in [7, 11) is 0. The Morgan fingerprint density at radius 2 is 0.947 bits per heavy atom. The van der Waals surface area contributed by atoms with Crippen molar-refractivity contribution in [3.63, 3.8) is 0 Å². The van der Waals surface area contributed by atoms with Crippen LogP contribution in [0.5, 0.6) is 0 Å². The zero-order valence-electron chi connectivity index (χ0n) is 15.9. The van der Waals surface area contributed by atoms with Gasteiger partial charge in [0.15, 0.2) is 0 Å². The molecule has 1 atom stereocenters. The molecular formula is C19H46. The van der Waals surface area contributed by atoms with Gasteiger partial charge in [0.1, 0.15) is 0 Å². The lowest BCUT2D eigenvalue weighted by atomic mass is 10.0. The number of rotatable bonds is 8. The van der Waals surface area contributed by atoms with Crippen LogP contribution in [-0.2, 0) is 0 Å². The molecule has 0 heterocycles. The fourth-order valence-corrected chi connectivity index (χ4v) is 1.55. The maximum absolute atomic E-state index is 2.31. The van der Waals surface area contributed by atoms with E-state index in [1.807, 2.05) is 27.7 Å². The van der Waals surface area contributed by atoms with Gasteiger partial charge in [-0.2, -0.15) is 0 Å². The van der Waals surface area contributed by atoms with Crippen molar-refractivity contribution >= 4 is 0 Å². The van der Waals surface area contributed by atoms with Gasteiger partial charge >= 0.3 is 0 Å². The minimum Gasteiger partial charge on any atom is -0.0683 e. The summed E-state index contributed by atoms with van der Waals surface area (Å²) in [6.07, 6.45) is 12.6. The normalized spacial score (nSPS) is 9.95. The summed E-state index contributed by atoms with van der Waals surface area (Å²) in [6, 6.07) is 0. The number of hydrogen-bond donors (Lipinski definition) is 0. The lowest BCUT2D eigenvalue weighted by molar-refractivity contribution is 0.509. The highest BCUT2D eigenvalue weighted by atomic mass is 14.0. The van der Waals surface area contributed by atoms with E-state index in [1.54, 1.807) is 0 Å². The molecule has 0 aromatic carbocycles. The Morgan fingerprint density at radius 3 is 1.11 bits per heavy atom. The van der Waals surface area contributed by atoms with Crippen LogP contribution in [0.25, 0.3) is 0 Å². The Balaban J connectivity index is -0.0000000941. The molecule has 0 aliphatic carbocycles. The van der Waals surface area contributed by atoms with E-state index in [-0.39, 0.29) is 0 Å². The molecule has 0 spiro atoms. The second-order valence-electron chi connectivity index (χ2n) is 4.72. The quantitative estimate of drug-likeness (QED) is 0.391. The Labute approximate surface area is 126 Å². The number of hydrogen-bond acceptors (Lipinski definition) is 0. The van der Waals surface area contributed by atoms with Crippen LogP contribution < -0.4 is 0 Å². The molecule has 0 amide bonds. The minimum atomic E-state index is 0.949. The standard InChI is InChI=1S/C8H18.C7H16.2C2H6/c1-3-5-7-8-6-4-2;1-4-6-7(3)5-2;2*1-2/h3-8H2,1-2H3;7H,4-6H2,1-3H3;2*1-2H3. The van der Waals surface area contributed by atoms with Gasteiger partial charge in [0.05, 0.1) is 0 Å². The zero-order valence-corrected chi connectivity index (χ0v) is 15.9. The molecule has 0 aromatic heterocycles. The molecule has 0 heteroatoms. The molecule has 0 aliphatic heterocycles. The summed E-state index contributed by atoms with van der Waals surface area (Å²) in [4.78, 5) is 0. The third kappa shape index (κ3) is 46.1. The van der Waals surface area contributed by atoms with E-state index in [4.69, 9.17) is 0 Å². The Kier molecular flexibility index (Phi) is 52.0. The van der Waals surface area contributed by atoms with Gasteiger partial charge in [0, 0.05) is 0 Å². The molecule has 0 saturated carbocycles. The van der Waals surface area contributed by atoms with E-state index in [0.29, 0.717) is 0 Å². The molecule has 0 rings (SSSR count). The molecule has 0 nitrogen and oxygen atoms in total. The van der Waals surface area contributed by atoms with Crippen molar-refractivity contribution in [1.82, 2.24) is 0 Å². The predicted octanol–water partition coefficient (Wildman–Crippen LogP) is 8.25. The zero-order chi connectivity index (χ0) is 15.9. The van der Waals surface area contributed by atoms with Crippen molar-refractivity contribution < 1.29 is 0 Å². The van der Waals surface area contributed by atoms with Gasteiger partial charge < -0.3 is 0 Å². The van der Waals surface area contributed by atoms with Gasteiger partial charge in [-0.1, -0.05) is 120 Å². The van der Waals surface area contributed by atoms with Gasteiger partial charge in [0.25, 0.3) is 0 Å². The molecule has 1 unspecified atom stereocenters. The average Bonchev–Trinajstić information content (AvgIpc) is 2.49. The summed E-state index contributed by atoms with van der Waals surface area (Å²) in [5, 5.41) is 0. The first kappa shape index (κ1) is 27.4. The van der Waals surface area contributed by atoms with Crippen molar-refractivity contribution in [3.8, 4) is 0 Å². The van der Waals surface area contributed by atoms with E-state index in [9.17, 15) is 0 Å². The van der Waals surface area contributed by atoms with Crippen molar-refractivity contribution in [1.29, 1.82) is 0 Å². The predicted molar refractivity (Wildman–Crippen MR) is 96.1 cm³/mol. The topological polar surface area (TPSA) is 0 Å². The van der Waals surface area contributed by atoms with E-state index in [0.717, 1.165) is 5.92 Å². The average molecular weight is 275 g/mol. The molecule has 0 aliphatic rings. The van der Waals surface area contributed by atoms with Crippen molar-refractivity contribution in [2.24, 2.45) is 5.92 Å². The first-order valence-electron chi connectivity index (χ1n) is 9.22. The SMILES string of the molecule is CC.CC.CCCC(C)CC.CCCCCCCC. The summed E-state index contributed by atoms with van der Waals surface area (Å²) in [5.74, 6) is 0.949. The highest BCUT2D eigenvalue weighted by Crippen LogP contribution is 2.07. The lowest BCUT2D eigenvalue weighted by Gasteiger charge is -2.02. The minimum absolute atomic E-state index is 0.949. The van der Waals surface area contributed by atoms with Gasteiger partial charge in [-0.3, -0.25) is 0 Å². The maximum Gasteiger partial charge on any atom is -0.0446 e. The van der Waals surface area contributed by atoms with Crippen LogP contribution in [0, 0.1) is 5.92 Å².